The number of halogens is 3. The van der Waals surface area contributed by atoms with Crippen molar-refractivity contribution < 1.29 is 28.2 Å². The van der Waals surface area contributed by atoms with Crippen LogP contribution in [0.5, 0.6) is 0 Å². The third-order valence-corrected chi connectivity index (χ3v) is 3.23. The summed E-state index contributed by atoms with van der Waals surface area (Å²) in [4.78, 5) is 12.5. The molecule has 4 nitrogen and oxygen atoms in total. The van der Waals surface area contributed by atoms with Gasteiger partial charge in [0.25, 0.3) is 0 Å². The number of aliphatic hydroxyl groups is 1. The van der Waals surface area contributed by atoms with Gasteiger partial charge in [-0.1, -0.05) is 18.2 Å². The van der Waals surface area contributed by atoms with Crippen LogP contribution in [0.15, 0.2) is 24.3 Å². The number of nitrogens with zero attached hydrogens (tertiary/aromatic N) is 1. The van der Waals surface area contributed by atoms with Crippen LogP contribution >= 0.6 is 0 Å². The Kier molecular flexibility index (Phi) is 5.45. The number of aliphatic hydroxyl groups excluding tert-OH is 1. The number of hydrogen-bond acceptors (Lipinski definition) is 2. The van der Waals surface area contributed by atoms with Crippen molar-refractivity contribution in [2.45, 2.75) is 44.9 Å². The molecule has 1 amide bonds. The van der Waals surface area contributed by atoms with Gasteiger partial charge < -0.3 is 10.2 Å². The van der Waals surface area contributed by atoms with E-state index in [0.717, 1.165) is 17.0 Å². The van der Waals surface area contributed by atoms with Crippen molar-refractivity contribution in [3.8, 4) is 0 Å². The highest BCUT2D eigenvalue weighted by atomic mass is 19.4. The molecule has 0 saturated carbocycles. The summed E-state index contributed by atoms with van der Waals surface area (Å²) in [6, 6.07) is 3.87. The van der Waals surface area contributed by atoms with Crippen LogP contribution in [0.1, 0.15) is 31.9 Å². The van der Waals surface area contributed by atoms with Gasteiger partial charge >= 0.3 is 12.3 Å². The fourth-order valence-electron chi connectivity index (χ4n) is 2.38. The molecule has 1 rings (SSSR count). The number of carboxylic acid groups (broad SMARTS) is 1. The van der Waals surface area contributed by atoms with Crippen molar-refractivity contribution in [2.24, 2.45) is 0 Å². The van der Waals surface area contributed by atoms with Gasteiger partial charge in [-0.15, -0.1) is 0 Å². The lowest BCUT2D eigenvalue weighted by atomic mass is 9.98. The van der Waals surface area contributed by atoms with E-state index in [1.807, 2.05) is 0 Å². The first-order valence-electron chi connectivity index (χ1n) is 6.76. The molecule has 0 aromatic heterocycles. The minimum atomic E-state index is -4.46. The van der Waals surface area contributed by atoms with Gasteiger partial charge in [-0.3, -0.25) is 4.90 Å². The maximum Gasteiger partial charge on any atom is 0.416 e. The zero-order valence-corrected chi connectivity index (χ0v) is 12.7. The van der Waals surface area contributed by atoms with E-state index in [1.54, 1.807) is 20.8 Å². The number of amides is 1. The summed E-state index contributed by atoms with van der Waals surface area (Å²) in [6.45, 7) is 4.52. The van der Waals surface area contributed by atoms with Crippen LogP contribution in [0.3, 0.4) is 0 Å². The number of alkyl halides is 3. The number of carbonyl (C=O) groups is 1. The Morgan fingerprint density at radius 1 is 1.27 bits per heavy atom. The Bertz CT molecular complexity index is 523. The van der Waals surface area contributed by atoms with Gasteiger partial charge in [0.15, 0.2) is 0 Å². The summed E-state index contributed by atoms with van der Waals surface area (Å²) in [5.41, 5.74) is -1.25. The van der Waals surface area contributed by atoms with Crippen LogP contribution in [-0.2, 0) is 12.6 Å². The van der Waals surface area contributed by atoms with Crippen LogP contribution in [0.4, 0.5) is 18.0 Å². The molecule has 0 aliphatic heterocycles. The lowest BCUT2D eigenvalue weighted by Crippen LogP contribution is -2.53. The molecule has 0 saturated heterocycles. The zero-order valence-electron chi connectivity index (χ0n) is 12.7. The van der Waals surface area contributed by atoms with E-state index in [-0.39, 0.29) is 6.42 Å². The summed E-state index contributed by atoms with van der Waals surface area (Å²) in [5.74, 6) is 0. The van der Waals surface area contributed by atoms with Gasteiger partial charge in [-0.25, -0.2) is 4.79 Å². The largest absolute Gasteiger partial charge is 0.465 e. The lowest BCUT2D eigenvalue weighted by Gasteiger charge is -2.39. The molecule has 1 aromatic carbocycles. The molecular weight excluding hydrogens is 299 g/mol. The second-order valence-electron chi connectivity index (χ2n) is 6.06. The fourth-order valence-corrected chi connectivity index (χ4v) is 2.38. The average Bonchev–Trinajstić information content (AvgIpc) is 2.35. The van der Waals surface area contributed by atoms with Crippen molar-refractivity contribution in [1.82, 2.24) is 4.90 Å². The maximum atomic E-state index is 12.7. The van der Waals surface area contributed by atoms with Crippen molar-refractivity contribution >= 4 is 6.09 Å². The monoisotopic (exact) mass is 319 g/mol. The Morgan fingerprint density at radius 2 is 1.86 bits per heavy atom. The van der Waals surface area contributed by atoms with Crippen molar-refractivity contribution in [1.29, 1.82) is 0 Å². The number of hydrogen-bond donors (Lipinski definition) is 2. The summed E-state index contributed by atoms with van der Waals surface area (Å²) in [7, 11) is 0. The van der Waals surface area contributed by atoms with E-state index < -0.39 is 36.0 Å². The van der Waals surface area contributed by atoms with E-state index >= 15 is 0 Å². The second kappa shape index (κ2) is 6.56. The third-order valence-electron chi connectivity index (χ3n) is 3.23. The summed E-state index contributed by atoms with van der Waals surface area (Å²) >= 11 is 0. The highest BCUT2D eigenvalue weighted by Crippen LogP contribution is 2.30. The van der Waals surface area contributed by atoms with Gasteiger partial charge in [-0.05, 0) is 38.8 Å². The van der Waals surface area contributed by atoms with Crippen LogP contribution in [0.25, 0.3) is 0 Å². The average molecular weight is 319 g/mol. The molecule has 0 spiro atoms. The van der Waals surface area contributed by atoms with Gasteiger partial charge in [-0.2, -0.15) is 13.2 Å². The minimum absolute atomic E-state index is 0.00396. The maximum absolute atomic E-state index is 12.7. The summed E-state index contributed by atoms with van der Waals surface area (Å²) in [6.07, 6.45) is -5.68. The topological polar surface area (TPSA) is 60.8 Å². The van der Waals surface area contributed by atoms with E-state index in [0.29, 0.717) is 5.56 Å². The fraction of sp³-hybridized carbons (Fsp3) is 0.533. The highest BCUT2D eigenvalue weighted by molar-refractivity contribution is 5.66. The predicted octanol–water partition coefficient (Wildman–Crippen LogP) is 3.39. The molecule has 0 radical (unpaired) electrons. The molecule has 124 valence electrons. The van der Waals surface area contributed by atoms with Crippen LogP contribution < -0.4 is 0 Å². The number of rotatable bonds is 4. The first-order chi connectivity index (χ1) is 9.96. The Hall–Kier alpha value is -1.76. The molecule has 7 heteroatoms. The Morgan fingerprint density at radius 3 is 2.27 bits per heavy atom. The quantitative estimate of drug-likeness (QED) is 0.894. The standard InChI is InChI=1S/C15H20F3NO3/c1-14(2,3)19(13(21)22)12(9-20)8-10-5-4-6-11(7-10)15(16,17)18/h4-7,12,20H,8-9H2,1-3H3,(H,21,22)/t12-/m1/s1. The highest BCUT2D eigenvalue weighted by Gasteiger charge is 2.34. The molecule has 2 N–H and O–H groups in total. The predicted molar refractivity (Wildman–Crippen MR) is 75.6 cm³/mol. The molecule has 0 unspecified atom stereocenters. The van der Waals surface area contributed by atoms with Crippen LogP contribution in [0.2, 0.25) is 0 Å². The minimum Gasteiger partial charge on any atom is -0.465 e. The van der Waals surface area contributed by atoms with Gasteiger partial charge in [0.05, 0.1) is 18.2 Å². The van der Waals surface area contributed by atoms with Crippen molar-refractivity contribution in [3.05, 3.63) is 35.4 Å². The molecule has 0 bridgehead atoms. The summed E-state index contributed by atoms with van der Waals surface area (Å²) < 4.78 is 38.1. The second-order valence-corrected chi connectivity index (χ2v) is 6.06. The smallest absolute Gasteiger partial charge is 0.416 e. The van der Waals surface area contributed by atoms with Crippen molar-refractivity contribution in [2.75, 3.05) is 6.61 Å². The first kappa shape index (κ1) is 18.3. The van der Waals surface area contributed by atoms with Crippen molar-refractivity contribution in [3.63, 3.8) is 0 Å². The van der Waals surface area contributed by atoms with Gasteiger partial charge in [0, 0.05) is 5.54 Å². The van der Waals surface area contributed by atoms with Gasteiger partial charge in [0.2, 0.25) is 0 Å². The zero-order chi connectivity index (χ0) is 17.1. The first-order valence-corrected chi connectivity index (χ1v) is 6.76. The van der Waals surface area contributed by atoms with Crippen LogP contribution in [0, 0.1) is 0 Å². The third kappa shape index (κ3) is 4.62. The van der Waals surface area contributed by atoms with E-state index in [1.165, 1.54) is 12.1 Å². The normalized spacial score (nSPS) is 13.8. The van der Waals surface area contributed by atoms with Crippen LogP contribution in [-0.4, -0.2) is 39.4 Å². The molecule has 0 aliphatic carbocycles. The molecule has 0 aliphatic rings. The Balaban J connectivity index is 3.06. The molecule has 1 aromatic rings. The summed E-state index contributed by atoms with van der Waals surface area (Å²) in [5, 5.41) is 18.8. The number of benzene rings is 1. The molecular formula is C15H20F3NO3. The molecule has 0 fully saturated rings. The molecule has 0 heterocycles. The molecule has 1 atom stereocenters. The molecule has 22 heavy (non-hydrogen) atoms. The van der Waals surface area contributed by atoms with E-state index in [2.05, 4.69) is 0 Å². The Labute approximate surface area is 127 Å². The van der Waals surface area contributed by atoms with Gasteiger partial charge in [0.1, 0.15) is 0 Å². The SMILES string of the molecule is CC(C)(C)N(C(=O)O)[C@@H](CO)Cc1cccc(C(F)(F)F)c1. The lowest BCUT2D eigenvalue weighted by molar-refractivity contribution is -0.137. The van der Waals surface area contributed by atoms with E-state index in [4.69, 9.17) is 0 Å². The van der Waals surface area contributed by atoms with E-state index in [9.17, 15) is 28.2 Å².